The highest BCUT2D eigenvalue weighted by Crippen LogP contribution is 2.21. The first-order valence-electron chi connectivity index (χ1n) is 7.07. The second-order valence-corrected chi connectivity index (χ2v) is 5.68. The normalized spacial score (nSPS) is 11.7. The largest absolute Gasteiger partial charge is 0.461 e. The Balaban J connectivity index is 1.91. The fourth-order valence-corrected chi connectivity index (χ4v) is 2.67. The molecule has 0 aliphatic rings. The van der Waals surface area contributed by atoms with Gasteiger partial charge in [0.05, 0.1) is 6.61 Å². The standard InChI is InChI=1S/C16H18N2O3S/c1-3-21-15(20)13-10-22-16(17-13)18-14(19)9-11(2)12-7-5-4-6-8-12/h4-8,10-11H,3,9H2,1-2H3,(H,17,18,19). The van der Waals surface area contributed by atoms with Gasteiger partial charge >= 0.3 is 5.97 Å². The summed E-state index contributed by atoms with van der Waals surface area (Å²) in [5, 5.41) is 4.71. The van der Waals surface area contributed by atoms with Gasteiger partial charge in [0.15, 0.2) is 10.8 Å². The minimum Gasteiger partial charge on any atom is -0.461 e. The molecule has 0 aliphatic carbocycles. The Kier molecular flexibility index (Phi) is 5.66. The number of hydrogen-bond acceptors (Lipinski definition) is 5. The van der Waals surface area contributed by atoms with Crippen molar-refractivity contribution < 1.29 is 14.3 Å². The highest BCUT2D eigenvalue weighted by atomic mass is 32.1. The molecule has 2 aromatic rings. The molecule has 0 fully saturated rings. The minimum absolute atomic E-state index is 0.116. The number of aromatic nitrogens is 1. The fraction of sp³-hybridized carbons (Fsp3) is 0.312. The van der Waals surface area contributed by atoms with Crippen molar-refractivity contribution >= 4 is 28.3 Å². The Hall–Kier alpha value is -2.21. The van der Waals surface area contributed by atoms with Crippen LogP contribution in [0, 0.1) is 0 Å². The van der Waals surface area contributed by atoms with Crippen LogP contribution in [0.15, 0.2) is 35.7 Å². The molecule has 1 unspecified atom stereocenters. The molecule has 0 spiro atoms. The van der Waals surface area contributed by atoms with Crippen molar-refractivity contribution in [1.29, 1.82) is 0 Å². The number of rotatable bonds is 6. The first kappa shape index (κ1) is 16.2. The van der Waals surface area contributed by atoms with Gasteiger partial charge in [0.2, 0.25) is 5.91 Å². The van der Waals surface area contributed by atoms with Gasteiger partial charge in [-0.2, -0.15) is 0 Å². The topological polar surface area (TPSA) is 68.3 Å². The first-order valence-corrected chi connectivity index (χ1v) is 7.95. The van der Waals surface area contributed by atoms with E-state index in [-0.39, 0.29) is 17.5 Å². The summed E-state index contributed by atoms with van der Waals surface area (Å²) in [4.78, 5) is 27.6. The summed E-state index contributed by atoms with van der Waals surface area (Å²) in [5.41, 5.74) is 1.34. The van der Waals surface area contributed by atoms with Crippen molar-refractivity contribution in [3.05, 3.63) is 47.0 Å². The van der Waals surface area contributed by atoms with Gasteiger partial charge in [-0.3, -0.25) is 4.79 Å². The molecule has 1 atom stereocenters. The van der Waals surface area contributed by atoms with Crippen LogP contribution in [-0.2, 0) is 9.53 Å². The number of amides is 1. The molecular weight excluding hydrogens is 300 g/mol. The van der Waals surface area contributed by atoms with Crippen LogP contribution < -0.4 is 5.32 Å². The van der Waals surface area contributed by atoms with E-state index >= 15 is 0 Å². The molecule has 0 aliphatic heterocycles. The number of carbonyl (C=O) groups is 2. The van der Waals surface area contributed by atoms with E-state index in [1.807, 2.05) is 37.3 Å². The maximum atomic E-state index is 12.0. The average Bonchev–Trinajstić information content (AvgIpc) is 2.96. The van der Waals surface area contributed by atoms with Gasteiger partial charge in [-0.15, -0.1) is 11.3 Å². The summed E-state index contributed by atoms with van der Waals surface area (Å²) < 4.78 is 4.86. The molecule has 2 rings (SSSR count). The molecule has 22 heavy (non-hydrogen) atoms. The molecule has 0 saturated carbocycles. The highest BCUT2D eigenvalue weighted by Gasteiger charge is 2.15. The zero-order valence-corrected chi connectivity index (χ0v) is 13.4. The molecule has 0 saturated heterocycles. The van der Waals surface area contributed by atoms with Crippen molar-refractivity contribution in [2.45, 2.75) is 26.2 Å². The maximum Gasteiger partial charge on any atom is 0.357 e. The molecule has 0 bridgehead atoms. The molecule has 1 aromatic heterocycles. The third-order valence-corrected chi connectivity index (χ3v) is 3.85. The lowest BCUT2D eigenvalue weighted by molar-refractivity contribution is -0.116. The molecule has 1 amide bonds. The van der Waals surface area contributed by atoms with Gasteiger partial charge in [0.25, 0.3) is 0 Å². The molecular formula is C16H18N2O3S. The SMILES string of the molecule is CCOC(=O)c1csc(NC(=O)CC(C)c2ccccc2)n1. The first-order chi connectivity index (χ1) is 10.6. The lowest BCUT2D eigenvalue weighted by Gasteiger charge is -2.10. The van der Waals surface area contributed by atoms with Crippen LogP contribution in [0.1, 0.15) is 42.2 Å². The van der Waals surface area contributed by atoms with Gasteiger partial charge in [-0.05, 0) is 18.4 Å². The summed E-state index contributed by atoms with van der Waals surface area (Å²) in [6, 6.07) is 9.86. The zero-order valence-electron chi connectivity index (χ0n) is 12.5. The summed E-state index contributed by atoms with van der Waals surface area (Å²) in [5.74, 6) is -0.483. The lowest BCUT2D eigenvalue weighted by Crippen LogP contribution is -2.14. The maximum absolute atomic E-state index is 12.0. The average molecular weight is 318 g/mol. The molecule has 116 valence electrons. The van der Waals surface area contributed by atoms with E-state index in [9.17, 15) is 9.59 Å². The Labute approximate surface area is 133 Å². The van der Waals surface area contributed by atoms with Gasteiger partial charge < -0.3 is 10.1 Å². The number of nitrogens with zero attached hydrogens (tertiary/aromatic N) is 1. The third-order valence-electron chi connectivity index (χ3n) is 3.10. The minimum atomic E-state index is -0.475. The quantitative estimate of drug-likeness (QED) is 0.828. The predicted molar refractivity (Wildman–Crippen MR) is 86.2 cm³/mol. The van der Waals surface area contributed by atoms with Crippen LogP contribution in [0.3, 0.4) is 0 Å². The van der Waals surface area contributed by atoms with Gasteiger partial charge in [-0.25, -0.2) is 9.78 Å². The zero-order chi connectivity index (χ0) is 15.9. The van der Waals surface area contributed by atoms with Crippen molar-refractivity contribution in [3.63, 3.8) is 0 Å². The Morgan fingerprint density at radius 1 is 1.32 bits per heavy atom. The Bertz CT molecular complexity index is 640. The van der Waals surface area contributed by atoms with E-state index in [1.165, 1.54) is 11.3 Å². The van der Waals surface area contributed by atoms with Crippen LogP contribution in [0.2, 0.25) is 0 Å². The summed E-state index contributed by atoms with van der Waals surface area (Å²) in [7, 11) is 0. The molecule has 1 aromatic carbocycles. The molecule has 5 nitrogen and oxygen atoms in total. The summed E-state index contributed by atoms with van der Waals surface area (Å²) in [6.07, 6.45) is 0.359. The predicted octanol–water partition coefficient (Wildman–Crippen LogP) is 3.45. The van der Waals surface area contributed by atoms with Crippen molar-refractivity contribution in [1.82, 2.24) is 4.98 Å². The molecule has 1 N–H and O–H groups in total. The van der Waals surface area contributed by atoms with Crippen molar-refractivity contribution in [3.8, 4) is 0 Å². The van der Waals surface area contributed by atoms with E-state index in [1.54, 1.807) is 12.3 Å². The summed E-state index contributed by atoms with van der Waals surface area (Å²) >= 11 is 1.21. The Morgan fingerprint density at radius 3 is 2.73 bits per heavy atom. The lowest BCUT2D eigenvalue weighted by atomic mass is 9.98. The van der Waals surface area contributed by atoms with Crippen LogP contribution in [-0.4, -0.2) is 23.5 Å². The van der Waals surface area contributed by atoms with E-state index in [2.05, 4.69) is 10.3 Å². The fourth-order valence-electron chi connectivity index (χ4n) is 1.98. The number of benzene rings is 1. The second kappa shape index (κ2) is 7.70. The van der Waals surface area contributed by atoms with Crippen LogP contribution in [0.5, 0.6) is 0 Å². The van der Waals surface area contributed by atoms with Crippen molar-refractivity contribution in [2.75, 3.05) is 11.9 Å². The van der Waals surface area contributed by atoms with Crippen LogP contribution >= 0.6 is 11.3 Å². The van der Waals surface area contributed by atoms with E-state index in [4.69, 9.17) is 4.74 Å². The number of nitrogens with one attached hydrogen (secondary N) is 1. The van der Waals surface area contributed by atoms with E-state index < -0.39 is 5.97 Å². The second-order valence-electron chi connectivity index (χ2n) is 4.82. The highest BCUT2D eigenvalue weighted by molar-refractivity contribution is 7.14. The van der Waals surface area contributed by atoms with E-state index in [0.717, 1.165) is 5.56 Å². The third kappa shape index (κ3) is 4.39. The number of hydrogen-bond donors (Lipinski definition) is 1. The Morgan fingerprint density at radius 2 is 2.05 bits per heavy atom. The smallest absolute Gasteiger partial charge is 0.357 e. The van der Waals surface area contributed by atoms with E-state index in [0.29, 0.717) is 18.2 Å². The van der Waals surface area contributed by atoms with Crippen molar-refractivity contribution in [2.24, 2.45) is 0 Å². The van der Waals surface area contributed by atoms with Gasteiger partial charge in [-0.1, -0.05) is 37.3 Å². The number of thiazole rings is 1. The number of anilines is 1. The molecule has 0 radical (unpaired) electrons. The van der Waals surface area contributed by atoms with Gasteiger partial charge in [0.1, 0.15) is 0 Å². The number of carbonyl (C=O) groups excluding carboxylic acids is 2. The van der Waals surface area contributed by atoms with Crippen LogP contribution in [0.25, 0.3) is 0 Å². The molecule has 1 heterocycles. The summed E-state index contributed by atoms with van der Waals surface area (Å²) in [6.45, 7) is 4.03. The van der Waals surface area contributed by atoms with Gasteiger partial charge in [0, 0.05) is 11.8 Å². The number of ether oxygens (including phenoxy) is 1. The monoisotopic (exact) mass is 318 g/mol. The molecule has 6 heteroatoms. The van der Waals surface area contributed by atoms with Crippen LogP contribution in [0.4, 0.5) is 5.13 Å². The number of esters is 1.